The Kier molecular flexibility index (Phi) is 5.18. The van der Waals surface area contributed by atoms with Gasteiger partial charge in [-0.05, 0) is 31.4 Å². The first-order valence-electron chi connectivity index (χ1n) is 7.51. The van der Waals surface area contributed by atoms with Crippen LogP contribution in [0.3, 0.4) is 0 Å². The number of nitrogens with zero attached hydrogens (tertiary/aromatic N) is 2. The molecule has 0 aliphatic carbocycles. The Bertz CT molecular complexity index is 645. The number of hydrogen-bond donors (Lipinski definition) is 1. The second-order valence-electron chi connectivity index (χ2n) is 5.87. The van der Waals surface area contributed by atoms with E-state index in [1.54, 1.807) is 12.1 Å². The maximum absolute atomic E-state index is 12.3. The standard InChI is InChI=1S/C15H23N3O3S/c1-4-6-12-9-18(22(3,20)21)10-14(12)17-15(19)13-8-5-7-11(2)16-13/h5,7-8,12,14H,4,6,9-10H2,1-3H3,(H,17,19). The van der Waals surface area contributed by atoms with Crippen molar-refractivity contribution in [3.8, 4) is 0 Å². The fraction of sp³-hybridized carbons (Fsp3) is 0.600. The number of rotatable bonds is 5. The molecular formula is C15H23N3O3S. The van der Waals surface area contributed by atoms with Gasteiger partial charge in [0.1, 0.15) is 5.69 Å². The molecule has 1 fully saturated rings. The van der Waals surface area contributed by atoms with E-state index in [2.05, 4.69) is 17.2 Å². The summed E-state index contributed by atoms with van der Waals surface area (Å²) < 4.78 is 24.9. The summed E-state index contributed by atoms with van der Waals surface area (Å²) in [6.45, 7) is 4.70. The zero-order valence-corrected chi connectivity index (χ0v) is 14.1. The van der Waals surface area contributed by atoms with E-state index in [4.69, 9.17) is 0 Å². The fourth-order valence-corrected chi connectivity index (χ4v) is 3.73. The summed E-state index contributed by atoms with van der Waals surface area (Å²) in [5.41, 5.74) is 1.15. The Morgan fingerprint density at radius 3 is 2.73 bits per heavy atom. The largest absolute Gasteiger partial charge is 0.346 e. The van der Waals surface area contributed by atoms with E-state index in [0.29, 0.717) is 18.8 Å². The number of hydrogen-bond acceptors (Lipinski definition) is 4. The lowest BCUT2D eigenvalue weighted by Crippen LogP contribution is -2.41. The summed E-state index contributed by atoms with van der Waals surface area (Å²) in [6, 6.07) is 5.13. The zero-order valence-electron chi connectivity index (χ0n) is 13.2. The molecule has 1 aromatic rings. The smallest absolute Gasteiger partial charge is 0.270 e. The number of nitrogens with one attached hydrogen (secondary N) is 1. The van der Waals surface area contributed by atoms with Crippen LogP contribution in [-0.4, -0.2) is 49.0 Å². The van der Waals surface area contributed by atoms with Gasteiger partial charge in [-0.1, -0.05) is 19.4 Å². The van der Waals surface area contributed by atoms with Gasteiger partial charge in [-0.2, -0.15) is 4.31 Å². The highest BCUT2D eigenvalue weighted by atomic mass is 32.2. The number of pyridine rings is 1. The Balaban J connectivity index is 2.10. The molecular weight excluding hydrogens is 302 g/mol. The van der Waals surface area contributed by atoms with Gasteiger partial charge in [-0.3, -0.25) is 4.79 Å². The maximum atomic E-state index is 12.3. The molecule has 6 nitrogen and oxygen atoms in total. The van der Waals surface area contributed by atoms with Crippen LogP contribution < -0.4 is 5.32 Å². The van der Waals surface area contributed by atoms with E-state index < -0.39 is 10.0 Å². The molecule has 1 aromatic heterocycles. The van der Waals surface area contributed by atoms with Crippen molar-refractivity contribution in [2.75, 3.05) is 19.3 Å². The van der Waals surface area contributed by atoms with Gasteiger partial charge in [0, 0.05) is 24.8 Å². The lowest BCUT2D eigenvalue weighted by molar-refractivity contribution is 0.0924. The van der Waals surface area contributed by atoms with Crippen molar-refractivity contribution in [2.45, 2.75) is 32.7 Å². The van der Waals surface area contributed by atoms with E-state index in [0.717, 1.165) is 18.5 Å². The van der Waals surface area contributed by atoms with Gasteiger partial charge >= 0.3 is 0 Å². The molecule has 2 rings (SSSR count). The first-order chi connectivity index (χ1) is 10.3. The molecule has 0 bridgehead atoms. The van der Waals surface area contributed by atoms with Crippen LogP contribution in [0.15, 0.2) is 18.2 Å². The third kappa shape index (κ3) is 4.04. The SMILES string of the molecule is CCCC1CN(S(C)(=O)=O)CC1NC(=O)c1cccc(C)n1. The topological polar surface area (TPSA) is 79.4 Å². The predicted molar refractivity (Wildman–Crippen MR) is 85.0 cm³/mol. The van der Waals surface area contributed by atoms with Gasteiger partial charge in [0.25, 0.3) is 5.91 Å². The van der Waals surface area contributed by atoms with Crippen molar-refractivity contribution in [1.29, 1.82) is 0 Å². The van der Waals surface area contributed by atoms with Crippen molar-refractivity contribution in [3.05, 3.63) is 29.6 Å². The summed E-state index contributed by atoms with van der Waals surface area (Å²) in [7, 11) is -3.23. The average Bonchev–Trinajstić information content (AvgIpc) is 2.82. The molecule has 0 spiro atoms. The summed E-state index contributed by atoms with van der Waals surface area (Å²) in [4.78, 5) is 16.5. The number of aromatic nitrogens is 1. The fourth-order valence-electron chi connectivity index (χ4n) is 2.84. The molecule has 2 atom stereocenters. The molecule has 122 valence electrons. The summed E-state index contributed by atoms with van der Waals surface area (Å²) in [6.07, 6.45) is 3.05. The van der Waals surface area contributed by atoms with Gasteiger partial charge in [0.15, 0.2) is 0 Å². The van der Waals surface area contributed by atoms with E-state index in [1.165, 1.54) is 10.6 Å². The van der Waals surface area contributed by atoms with Crippen LogP contribution >= 0.6 is 0 Å². The number of amides is 1. The molecule has 1 N–H and O–H groups in total. The molecule has 7 heteroatoms. The molecule has 1 amide bonds. The van der Waals surface area contributed by atoms with Crippen molar-refractivity contribution in [2.24, 2.45) is 5.92 Å². The molecule has 1 aliphatic rings. The van der Waals surface area contributed by atoms with E-state index >= 15 is 0 Å². The number of carbonyl (C=O) groups excluding carboxylic acids is 1. The Hall–Kier alpha value is -1.47. The molecule has 2 unspecified atom stereocenters. The lowest BCUT2D eigenvalue weighted by atomic mass is 9.98. The number of sulfonamides is 1. The van der Waals surface area contributed by atoms with E-state index in [1.807, 2.05) is 13.0 Å². The molecule has 1 aliphatic heterocycles. The first-order valence-corrected chi connectivity index (χ1v) is 9.35. The van der Waals surface area contributed by atoms with Crippen molar-refractivity contribution >= 4 is 15.9 Å². The highest BCUT2D eigenvalue weighted by Crippen LogP contribution is 2.24. The van der Waals surface area contributed by atoms with E-state index in [-0.39, 0.29) is 17.9 Å². The minimum atomic E-state index is -3.23. The Morgan fingerprint density at radius 1 is 1.41 bits per heavy atom. The van der Waals surface area contributed by atoms with Gasteiger partial charge in [0.2, 0.25) is 10.0 Å². The third-order valence-electron chi connectivity index (χ3n) is 3.97. The summed E-state index contributed by atoms with van der Waals surface area (Å²) >= 11 is 0. The lowest BCUT2D eigenvalue weighted by Gasteiger charge is -2.19. The molecule has 0 radical (unpaired) electrons. The molecule has 0 saturated carbocycles. The molecule has 22 heavy (non-hydrogen) atoms. The number of carbonyl (C=O) groups is 1. The molecule has 2 heterocycles. The highest BCUT2D eigenvalue weighted by Gasteiger charge is 2.37. The summed E-state index contributed by atoms with van der Waals surface area (Å²) in [5.74, 6) is -0.0985. The van der Waals surface area contributed by atoms with Crippen molar-refractivity contribution in [3.63, 3.8) is 0 Å². The molecule has 1 saturated heterocycles. The normalized spacial score (nSPS) is 22.7. The van der Waals surface area contributed by atoms with E-state index in [9.17, 15) is 13.2 Å². The minimum Gasteiger partial charge on any atom is -0.346 e. The van der Waals surface area contributed by atoms with Crippen LogP contribution in [0, 0.1) is 12.8 Å². The van der Waals surface area contributed by atoms with Crippen LogP contribution in [0.4, 0.5) is 0 Å². The summed E-state index contributed by atoms with van der Waals surface area (Å²) in [5, 5.41) is 2.95. The van der Waals surface area contributed by atoms with Gasteiger partial charge in [-0.15, -0.1) is 0 Å². The Labute approximate surface area is 132 Å². The van der Waals surface area contributed by atoms with Crippen LogP contribution in [0.1, 0.15) is 35.9 Å². The van der Waals surface area contributed by atoms with Gasteiger partial charge in [0.05, 0.1) is 6.26 Å². The quantitative estimate of drug-likeness (QED) is 0.881. The maximum Gasteiger partial charge on any atom is 0.270 e. The first kappa shape index (κ1) is 16.9. The predicted octanol–water partition coefficient (Wildman–Crippen LogP) is 1.18. The van der Waals surface area contributed by atoms with Crippen LogP contribution in [0.25, 0.3) is 0 Å². The van der Waals surface area contributed by atoms with Gasteiger partial charge in [-0.25, -0.2) is 13.4 Å². The average molecular weight is 325 g/mol. The van der Waals surface area contributed by atoms with Gasteiger partial charge < -0.3 is 5.32 Å². The Morgan fingerprint density at radius 2 is 2.14 bits per heavy atom. The van der Waals surface area contributed by atoms with Crippen molar-refractivity contribution < 1.29 is 13.2 Å². The third-order valence-corrected chi connectivity index (χ3v) is 5.21. The second kappa shape index (κ2) is 6.75. The van der Waals surface area contributed by atoms with Crippen molar-refractivity contribution in [1.82, 2.24) is 14.6 Å². The minimum absolute atomic E-state index is 0.147. The molecule has 0 aromatic carbocycles. The van der Waals surface area contributed by atoms with Crippen LogP contribution in [0.2, 0.25) is 0 Å². The van der Waals surface area contributed by atoms with Crippen LogP contribution in [-0.2, 0) is 10.0 Å². The van der Waals surface area contributed by atoms with Crippen LogP contribution in [0.5, 0.6) is 0 Å². The highest BCUT2D eigenvalue weighted by molar-refractivity contribution is 7.88. The zero-order chi connectivity index (χ0) is 16.3. The monoisotopic (exact) mass is 325 g/mol. The number of aryl methyl sites for hydroxylation is 1. The second-order valence-corrected chi connectivity index (χ2v) is 7.86.